The van der Waals surface area contributed by atoms with Crippen molar-refractivity contribution < 1.29 is 9.95 Å². The molecule has 0 unspecified atom stereocenters. The maximum Gasteiger partial charge on any atom is 0.215 e. The molecule has 0 aliphatic carbocycles. The van der Waals surface area contributed by atoms with Gasteiger partial charge < -0.3 is 0 Å². The van der Waals surface area contributed by atoms with Crippen molar-refractivity contribution in [1.29, 1.82) is 0 Å². The molecular formula is C6H10NO+. The van der Waals surface area contributed by atoms with Gasteiger partial charge in [0.25, 0.3) is 0 Å². The third-order valence-corrected chi connectivity index (χ3v) is 1.27. The lowest BCUT2D eigenvalue weighted by Gasteiger charge is -1.98. The van der Waals surface area contributed by atoms with Crippen LogP contribution in [-0.4, -0.2) is 22.7 Å². The fourth-order valence-corrected chi connectivity index (χ4v) is 0.662. The van der Waals surface area contributed by atoms with E-state index in [4.69, 9.17) is 5.21 Å². The lowest BCUT2D eigenvalue weighted by Crippen LogP contribution is -2.12. The summed E-state index contributed by atoms with van der Waals surface area (Å²) in [4.78, 5) is 0. The van der Waals surface area contributed by atoms with Gasteiger partial charge in [0.15, 0.2) is 6.54 Å². The highest BCUT2D eigenvalue weighted by atomic mass is 16.5. The molecule has 1 heterocycles. The maximum atomic E-state index is 8.76. The van der Waals surface area contributed by atoms with E-state index in [1.54, 1.807) is 6.21 Å². The van der Waals surface area contributed by atoms with E-state index in [1.807, 2.05) is 6.08 Å². The Kier molecular flexibility index (Phi) is 1.33. The summed E-state index contributed by atoms with van der Waals surface area (Å²) >= 11 is 0. The van der Waals surface area contributed by atoms with Gasteiger partial charge in [0.2, 0.25) is 6.21 Å². The fourth-order valence-electron chi connectivity index (χ4n) is 0.662. The van der Waals surface area contributed by atoms with Gasteiger partial charge in [-0.05, 0) is 11.7 Å². The minimum absolute atomic E-state index is 0.738. The first kappa shape index (κ1) is 5.35. The zero-order chi connectivity index (χ0) is 5.98. The molecule has 1 aliphatic heterocycles. The van der Waals surface area contributed by atoms with E-state index >= 15 is 0 Å². The quantitative estimate of drug-likeness (QED) is 0.364. The number of hydrogen-bond acceptors (Lipinski definition) is 1. The standard InChI is InChI=1S/C6H10NO/c1-6-2-4-7(8)5-3-6/h2,4,8H,3,5H2,1H3/q+1. The van der Waals surface area contributed by atoms with Crippen LogP contribution in [0, 0.1) is 0 Å². The van der Waals surface area contributed by atoms with Crippen LogP contribution in [0.4, 0.5) is 0 Å². The molecule has 0 radical (unpaired) electrons. The molecule has 8 heavy (non-hydrogen) atoms. The van der Waals surface area contributed by atoms with Crippen molar-refractivity contribution in [3.8, 4) is 0 Å². The molecule has 0 fully saturated rings. The van der Waals surface area contributed by atoms with Gasteiger partial charge in [-0.25, -0.2) is 0 Å². The Balaban J connectivity index is 2.65. The van der Waals surface area contributed by atoms with E-state index in [-0.39, 0.29) is 0 Å². The van der Waals surface area contributed by atoms with E-state index in [0.717, 1.165) is 13.0 Å². The third-order valence-electron chi connectivity index (χ3n) is 1.27. The van der Waals surface area contributed by atoms with E-state index in [9.17, 15) is 0 Å². The van der Waals surface area contributed by atoms with Crippen molar-refractivity contribution in [1.82, 2.24) is 0 Å². The molecule has 0 aromatic carbocycles. The van der Waals surface area contributed by atoms with Crippen molar-refractivity contribution in [2.24, 2.45) is 0 Å². The van der Waals surface area contributed by atoms with Gasteiger partial charge in [0.1, 0.15) is 0 Å². The van der Waals surface area contributed by atoms with Crippen molar-refractivity contribution >= 4 is 6.21 Å². The summed E-state index contributed by atoms with van der Waals surface area (Å²) in [6.45, 7) is 2.80. The van der Waals surface area contributed by atoms with Gasteiger partial charge in [0, 0.05) is 12.5 Å². The molecule has 44 valence electrons. The molecule has 1 rings (SSSR count). The number of hydrogen-bond donors (Lipinski definition) is 1. The van der Waals surface area contributed by atoms with E-state index in [1.165, 1.54) is 10.3 Å². The first-order valence-corrected chi connectivity index (χ1v) is 2.75. The number of nitrogens with zero attached hydrogens (tertiary/aromatic N) is 1. The SMILES string of the molecule is CC1=CC=[N+](O)CC1. The summed E-state index contributed by atoms with van der Waals surface area (Å²) in [6.07, 6.45) is 4.58. The van der Waals surface area contributed by atoms with Crippen LogP contribution in [0.1, 0.15) is 13.3 Å². The van der Waals surface area contributed by atoms with Crippen molar-refractivity contribution in [2.75, 3.05) is 6.54 Å². The molecule has 1 N–H and O–H groups in total. The molecular weight excluding hydrogens is 102 g/mol. The van der Waals surface area contributed by atoms with Gasteiger partial charge in [-0.3, -0.25) is 5.21 Å². The van der Waals surface area contributed by atoms with Crippen molar-refractivity contribution in [3.05, 3.63) is 11.6 Å². The van der Waals surface area contributed by atoms with Gasteiger partial charge >= 0.3 is 0 Å². The summed E-state index contributed by atoms with van der Waals surface area (Å²) in [5, 5.41) is 8.76. The molecule has 2 heteroatoms. The second-order valence-electron chi connectivity index (χ2n) is 2.08. The predicted octanol–water partition coefficient (Wildman–Crippen LogP) is 0.809. The Morgan fingerprint density at radius 1 is 1.75 bits per heavy atom. The zero-order valence-corrected chi connectivity index (χ0v) is 4.96. The summed E-state index contributed by atoms with van der Waals surface area (Å²) in [7, 11) is 0. The van der Waals surface area contributed by atoms with Crippen LogP contribution in [-0.2, 0) is 0 Å². The molecule has 0 spiro atoms. The van der Waals surface area contributed by atoms with Crippen LogP contribution in [0.15, 0.2) is 11.6 Å². The van der Waals surface area contributed by atoms with Crippen LogP contribution in [0.5, 0.6) is 0 Å². The second-order valence-corrected chi connectivity index (χ2v) is 2.08. The fraction of sp³-hybridized carbons (Fsp3) is 0.500. The molecule has 1 aliphatic rings. The zero-order valence-electron chi connectivity index (χ0n) is 4.96. The molecule has 0 saturated carbocycles. The van der Waals surface area contributed by atoms with E-state index in [2.05, 4.69) is 6.92 Å². The Labute approximate surface area is 48.7 Å². The normalized spacial score (nSPS) is 19.6. The first-order chi connectivity index (χ1) is 3.79. The highest BCUT2D eigenvalue weighted by molar-refractivity contribution is 5.67. The minimum atomic E-state index is 0.738. The largest absolute Gasteiger partial charge is 0.291 e. The van der Waals surface area contributed by atoms with Crippen molar-refractivity contribution in [3.63, 3.8) is 0 Å². The van der Waals surface area contributed by atoms with Crippen LogP contribution < -0.4 is 0 Å². The van der Waals surface area contributed by atoms with Gasteiger partial charge in [-0.1, -0.05) is 5.57 Å². The topological polar surface area (TPSA) is 23.2 Å². The Bertz CT molecular complexity index is 129. The van der Waals surface area contributed by atoms with Gasteiger partial charge in [-0.15, -0.1) is 0 Å². The van der Waals surface area contributed by atoms with Crippen LogP contribution in [0.3, 0.4) is 0 Å². The van der Waals surface area contributed by atoms with Crippen LogP contribution >= 0.6 is 0 Å². The lowest BCUT2D eigenvalue weighted by molar-refractivity contribution is -0.771. The number of hydroxylamine groups is 1. The van der Waals surface area contributed by atoms with E-state index in [0.29, 0.717) is 0 Å². The third kappa shape index (κ3) is 1.09. The molecule has 0 bridgehead atoms. The highest BCUT2D eigenvalue weighted by Gasteiger charge is 2.04. The monoisotopic (exact) mass is 112 g/mol. The Hall–Kier alpha value is -0.790. The maximum absolute atomic E-state index is 8.76. The lowest BCUT2D eigenvalue weighted by atomic mass is 10.2. The molecule has 2 nitrogen and oxygen atoms in total. The average molecular weight is 112 g/mol. The Morgan fingerprint density at radius 2 is 2.50 bits per heavy atom. The summed E-state index contributed by atoms with van der Waals surface area (Å²) in [6, 6.07) is 0. The number of allylic oxidation sites excluding steroid dienone is 1. The van der Waals surface area contributed by atoms with Crippen LogP contribution in [0.25, 0.3) is 0 Å². The smallest absolute Gasteiger partial charge is 0.215 e. The van der Waals surface area contributed by atoms with Gasteiger partial charge in [-0.2, -0.15) is 0 Å². The van der Waals surface area contributed by atoms with Crippen molar-refractivity contribution in [2.45, 2.75) is 13.3 Å². The minimum Gasteiger partial charge on any atom is -0.291 e. The van der Waals surface area contributed by atoms with Gasteiger partial charge in [0.05, 0.1) is 0 Å². The number of rotatable bonds is 0. The predicted molar refractivity (Wildman–Crippen MR) is 31.4 cm³/mol. The Morgan fingerprint density at radius 3 is 2.88 bits per heavy atom. The highest BCUT2D eigenvalue weighted by Crippen LogP contribution is 2.00. The first-order valence-electron chi connectivity index (χ1n) is 2.75. The van der Waals surface area contributed by atoms with Crippen LogP contribution in [0.2, 0.25) is 0 Å². The summed E-state index contributed by atoms with van der Waals surface area (Å²) in [5.74, 6) is 0. The molecule has 0 aromatic heterocycles. The average Bonchev–Trinajstić information content (AvgIpc) is 1.77. The molecule has 0 amide bonds. The van der Waals surface area contributed by atoms with E-state index < -0.39 is 0 Å². The second kappa shape index (κ2) is 1.99. The summed E-state index contributed by atoms with van der Waals surface area (Å²) in [5.41, 5.74) is 1.33. The molecule has 0 atom stereocenters. The molecule has 0 saturated heterocycles. The summed E-state index contributed by atoms with van der Waals surface area (Å²) < 4.78 is 1.20. The molecule has 0 aromatic rings.